The third-order valence-corrected chi connectivity index (χ3v) is 7.79. The van der Waals surface area contributed by atoms with Gasteiger partial charge in [0.05, 0.1) is 16.5 Å². The van der Waals surface area contributed by atoms with E-state index in [9.17, 15) is 4.79 Å². The fraction of sp³-hybridized carbons (Fsp3) is 0.172. The van der Waals surface area contributed by atoms with Gasteiger partial charge in [0.15, 0.2) is 33.3 Å². The largest absolute Gasteiger partial charge is 0.454 e. The fourth-order valence-electron chi connectivity index (χ4n) is 5.63. The summed E-state index contributed by atoms with van der Waals surface area (Å²) >= 11 is 3.33. The van der Waals surface area contributed by atoms with Crippen molar-refractivity contribution in [2.45, 2.75) is 19.3 Å². The van der Waals surface area contributed by atoms with Crippen LogP contribution in [0.1, 0.15) is 29.5 Å². The zero-order chi connectivity index (χ0) is 27.0. The number of furan rings is 1. The SMILES string of the molecule is CC(Cc1ccc2c(c1)OCO2)C1c2c(c3ccccc3oc2=O)Oc2ncn3nc(-c4ccc(Br)o4)nc3c21. The van der Waals surface area contributed by atoms with Gasteiger partial charge in [0.25, 0.3) is 0 Å². The Balaban J connectivity index is 1.33. The summed E-state index contributed by atoms with van der Waals surface area (Å²) in [4.78, 5) is 23.0. The molecule has 198 valence electrons. The lowest BCUT2D eigenvalue weighted by molar-refractivity contribution is 0.174. The Hall–Kier alpha value is -4.64. The van der Waals surface area contributed by atoms with E-state index in [0.29, 0.717) is 67.8 Å². The minimum Gasteiger partial charge on any atom is -0.454 e. The van der Waals surface area contributed by atoms with Crippen molar-refractivity contribution in [2.24, 2.45) is 5.92 Å². The maximum Gasteiger partial charge on any atom is 0.343 e. The minimum atomic E-state index is -0.460. The quantitative estimate of drug-likeness (QED) is 0.222. The van der Waals surface area contributed by atoms with Gasteiger partial charge >= 0.3 is 5.63 Å². The monoisotopic (exact) mass is 598 g/mol. The smallest absolute Gasteiger partial charge is 0.343 e. The molecule has 6 heterocycles. The molecule has 2 unspecified atom stereocenters. The van der Waals surface area contributed by atoms with Gasteiger partial charge < -0.3 is 23.0 Å². The van der Waals surface area contributed by atoms with Crippen LogP contribution in [0.5, 0.6) is 23.1 Å². The van der Waals surface area contributed by atoms with Crippen LogP contribution in [0.4, 0.5) is 0 Å². The lowest BCUT2D eigenvalue weighted by Crippen LogP contribution is -2.26. The normalized spacial score (nSPS) is 16.1. The summed E-state index contributed by atoms with van der Waals surface area (Å²) in [5.41, 5.74) is 2.65. The number of fused-ring (bicyclic) bond motifs is 7. The highest BCUT2D eigenvalue weighted by Crippen LogP contribution is 2.50. The van der Waals surface area contributed by atoms with Crippen molar-refractivity contribution in [3.8, 4) is 34.7 Å². The second kappa shape index (κ2) is 8.68. The standard InChI is InChI=1S/C29H19BrN4O6/c1-14(10-15-6-7-18-20(11-15)37-13-36-18)22-23-25(16-4-2-3-5-17(16)39-29(23)35)40-28-24(22)27-32-26(33-34(27)12-31-28)19-8-9-21(30)38-19/h2-9,11-12,14,22H,10,13H2,1H3. The number of nitrogens with zero attached hydrogens (tertiary/aromatic N) is 4. The van der Waals surface area contributed by atoms with Crippen molar-refractivity contribution in [3.63, 3.8) is 0 Å². The van der Waals surface area contributed by atoms with Crippen molar-refractivity contribution in [2.75, 3.05) is 6.79 Å². The molecule has 0 amide bonds. The Morgan fingerprint density at radius 3 is 2.80 bits per heavy atom. The van der Waals surface area contributed by atoms with Crippen LogP contribution >= 0.6 is 15.9 Å². The Kier molecular flexibility index (Phi) is 5.05. The molecule has 40 heavy (non-hydrogen) atoms. The molecule has 0 saturated heterocycles. The van der Waals surface area contributed by atoms with E-state index in [1.807, 2.05) is 36.4 Å². The minimum absolute atomic E-state index is 0.100. The van der Waals surface area contributed by atoms with Crippen molar-refractivity contribution < 1.29 is 23.0 Å². The first-order chi connectivity index (χ1) is 19.5. The molecule has 2 aliphatic heterocycles. The van der Waals surface area contributed by atoms with E-state index < -0.39 is 11.5 Å². The van der Waals surface area contributed by atoms with Gasteiger partial charge in [-0.25, -0.2) is 19.3 Å². The van der Waals surface area contributed by atoms with Crippen molar-refractivity contribution >= 4 is 32.5 Å². The molecule has 0 bridgehead atoms. The van der Waals surface area contributed by atoms with Crippen LogP contribution in [-0.2, 0) is 6.42 Å². The van der Waals surface area contributed by atoms with E-state index in [0.717, 1.165) is 11.3 Å². The molecule has 2 atom stereocenters. The maximum atomic E-state index is 13.6. The molecule has 11 heteroatoms. The molecular formula is C29H19BrN4O6. The molecule has 2 aliphatic rings. The van der Waals surface area contributed by atoms with Crippen LogP contribution in [0.2, 0.25) is 0 Å². The molecule has 0 radical (unpaired) electrons. The van der Waals surface area contributed by atoms with E-state index in [-0.39, 0.29) is 12.7 Å². The second-order valence-electron chi connectivity index (χ2n) is 9.85. The number of rotatable bonds is 4. The molecule has 6 aromatic rings. The number of hydrogen-bond acceptors (Lipinski definition) is 9. The molecule has 4 aromatic heterocycles. The Labute approximate surface area is 234 Å². The highest BCUT2D eigenvalue weighted by molar-refractivity contribution is 9.10. The van der Waals surface area contributed by atoms with Crippen LogP contribution in [0.15, 0.2) is 79.2 Å². The van der Waals surface area contributed by atoms with Gasteiger partial charge in [-0.1, -0.05) is 25.1 Å². The topological polar surface area (TPSA) is 114 Å². The predicted molar refractivity (Wildman–Crippen MR) is 146 cm³/mol. The summed E-state index contributed by atoms with van der Waals surface area (Å²) < 4.78 is 31.1. The third kappa shape index (κ3) is 3.54. The van der Waals surface area contributed by atoms with Crippen molar-refractivity contribution in [3.05, 3.63) is 92.7 Å². The first-order valence-electron chi connectivity index (χ1n) is 12.7. The number of para-hydroxylation sites is 1. The molecule has 0 N–H and O–H groups in total. The molecule has 2 aromatic carbocycles. The van der Waals surface area contributed by atoms with E-state index in [4.69, 9.17) is 28.0 Å². The van der Waals surface area contributed by atoms with E-state index >= 15 is 0 Å². The van der Waals surface area contributed by atoms with Gasteiger partial charge in [0.2, 0.25) is 18.5 Å². The summed E-state index contributed by atoms with van der Waals surface area (Å²) in [6.07, 6.45) is 2.18. The molecule has 0 spiro atoms. The van der Waals surface area contributed by atoms with Gasteiger partial charge in [-0.2, -0.15) is 0 Å². The van der Waals surface area contributed by atoms with Crippen molar-refractivity contribution in [1.29, 1.82) is 0 Å². The van der Waals surface area contributed by atoms with Gasteiger partial charge in [-0.3, -0.25) is 0 Å². The number of aromatic nitrogens is 4. The van der Waals surface area contributed by atoms with Crippen LogP contribution in [0.25, 0.3) is 28.2 Å². The Morgan fingerprint density at radius 2 is 1.93 bits per heavy atom. The zero-order valence-corrected chi connectivity index (χ0v) is 22.5. The molecular weight excluding hydrogens is 580 g/mol. The lowest BCUT2D eigenvalue weighted by atomic mass is 9.78. The summed E-state index contributed by atoms with van der Waals surface area (Å²) in [6.45, 7) is 2.29. The lowest BCUT2D eigenvalue weighted by Gasteiger charge is -2.31. The predicted octanol–water partition coefficient (Wildman–Crippen LogP) is 6.10. The zero-order valence-electron chi connectivity index (χ0n) is 21.0. The van der Waals surface area contributed by atoms with Gasteiger partial charge in [-0.15, -0.1) is 5.10 Å². The van der Waals surface area contributed by atoms with Gasteiger partial charge in [-0.05, 0) is 70.2 Å². The first-order valence-corrected chi connectivity index (χ1v) is 13.5. The fourth-order valence-corrected chi connectivity index (χ4v) is 5.94. The maximum absolute atomic E-state index is 13.6. The summed E-state index contributed by atoms with van der Waals surface area (Å²) in [7, 11) is 0. The first kappa shape index (κ1) is 23.3. The number of benzene rings is 2. The molecule has 0 saturated carbocycles. The summed E-state index contributed by atoms with van der Waals surface area (Å²) in [5.74, 6) is 2.58. The molecule has 10 nitrogen and oxygen atoms in total. The van der Waals surface area contributed by atoms with Gasteiger partial charge in [0, 0.05) is 5.92 Å². The molecule has 0 fully saturated rings. The van der Waals surface area contributed by atoms with Crippen LogP contribution in [0.3, 0.4) is 0 Å². The number of hydrogen-bond donors (Lipinski definition) is 0. The average molecular weight is 599 g/mol. The van der Waals surface area contributed by atoms with E-state index in [1.165, 1.54) is 0 Å². The van der Waals surface area contributed by atoms with E-state index in [1.54, 1.807) is 29.0 Å². The number of ether oxygens (including phenoxy) is 3. The molecule has 0 aliphatic carbocycles. The summed E-state index contributed by atoms with van der Waals surface area (Å²) in [5, 5.41) is 5.29. The number of halogens is 1. The average Bonchev–Trinajstić information content (AvgIpc) is 3.71. The van der Waals surface area contributed by atoms with Crippen LogP contribution < -0.4 is 19.8 Å². The molecule has 8 rings (SSSR count). The third-order valence-electron chi connectivity index (χ3n) is 7.36. The van der Waals surface area contributed by atoms with Crippen LogP contribution in [-0.4, -0.2) is 26.4 Å². The Morgan fingerprint density at radius 1 is 1.05 bits per heavy atom. The van der Waals surface area contributed by atoms with Crippen LogP contribution in [0, 0.1) is 5.92 Å². The van der Waals surface area contributed by atoms with E-state index in [2.05, 4.69) is 32.9 Å². The second-order valence-corrected chi connectivity index (χ2v) is 10.6. The highest BCUT2D eigenvalue weighted by atomic mass is 79.9. The van der Waals surface area contributed by atoms with Crippen molar-refractivity contribution in [1.82, 2.24) is 19.6 Å². The van der Waals surface area contributed by atoms with Gasteiger partial charge in [0.1, 0.15) is 11.9 Å². The Bertz CT molecular complexity index is 2030. The highest BCUT2D eigenvalue weighted by Gasteiger charge is 2.39. The summed E-state index contributed by atoms with van der Waals surface area (Å²) in [6, 6.07) is 16.8.